The van der Waals surface area contributed by atoms with Crippen molar-refractivity contribution in [2.45, 2.75) is 145 Å². The molecular weight excluding hydrogens is 1100 g/mol. The van der Waals surface area contributed by atoms with Gasteiger partial charge >= 0.3 is 0 Å². The van der Waals surface area contributed by atoms with Gasteiger partial charge in [-0.25, -0.2) is 0 Å². The summed E-state index contributed by atoms with van der Waals surface area (Å²) >= 11 is 0. The molecule has 15 N–H and O–H groups in total. The molecule has 460 valence electrons. The van der Waals surface area contributed by atoms with Gasteiger partial charge in [-0.2, -0.15) is 0 Å². The number of amides is 7. The molecular formula is C60H78N8O17. The van der Waals surface area contributed by atoms with Crippen LogP contribution < -0.4 is 37.1 Å². The minimum absolute atomic E-state index is 0.0332. The molecule has 3 aliphatic rings. The van der Waals surface area contributed by atoms with Crippen molar-refractivity contribution < 1.29 is 83.9 Å². The van der Waals surface area contributed by atoms with Crippen molar-refractivity contribution in [2.75, 3.05) is 32.8 Å². The number of hydrogen-bond acceptors (Lipinski definition) is 18. The fourth-order valence-corrected chi connectivity index (χ4v) is 10.6. The monoisotopic (exact) mass is 1180 g/mol. The van der Waals surface area contributed by atoms with Crippen LogP contribution in [0.1, 0.15) is 81.8 Å². The summed E-state index contributed by atoms with van der Waals surface area (Å²) in [7, 11) is 0. The van der Waals surface area contributed by atoms with Crippen molar-refractivity contribution in [1.29, 1.82) is 0 Å². The molecule has 0 radical (unpaired) electrons. The number of carbonyl (C=O) groups is 7. The molecule has 7 rings (SSSR count). The number of aliphatic hydroxyl groups excluding tert-OH is 7. The van der Waals surface area contributed by atoms with Crippen LogP contribution in [0.5, 0.6) is 11.5 Å². The summed E-state index contributed by atoms with van der Waals surface area (Å²) in [5.74, 6) is -8.38. The predicted octanol–water partition coefficient (Wildman–Crippen LogP) is -0.944. The molecule has 2 unspecified atom stereocenters. The van der Waals surface area contributed by atoms with E-state index in [0.717, 1.165) is 83.0 Å². The van der Waals surface area contributed by atoms with Crippen molar-refractivity contribution in [3.63, 3.8) is 0 Å². The average molecular weight is 1180 g/mol. The molecule has 25 heteroatoms. The van der Waals surface area contributed by atoms with Gasteiger partial charge in [-0.1, -0.05) is 87.4 Å². The highest BCUT2D eigenvalue weighted by Gasteiger charge is 2.50. The van der Waals surface area contributed by atoms with Crippen molar-refractivity contribution in [3.05, 3.63) is 108 Å². The second kappa shape index (κ2) is 29.5. The highest BCUT2D eigenvalue weighted by Crippen LogP contribution is 2.30. The van der Waals surface area contributed by atoms with E-state index in [0.29, 0.717) is 6.61 Å². The summed E-state index contributed by atoms with van der Waals surface area (Å²) in [5.41, 5.74) is 9.20. The molecule has 0 aliphatic carbocycles. The lowest BCUT2D eigenvalue weighted by Crippen LogP contribution is -2.64. The third-order valence-corrected chi connectivity index (χ3v) is 15.4. The van der Waals surface area contributed by atoms with Crippen LogP contribution in [-0.2, 0) is 33.5 Å². The van der Waals surface area contributed by atoms with E-state index >= 15 is 0 Å². The minimum atomic E-state index is -2.29. The Morgan fingerprint density at radius 1 is 0.659 bits per heavy atom. The fraction of sp³-hybridized carbons (Fsp3) is 0.483. The SMILES string of the molecule is CCCCCOc1ccc(-c2ccc(-c3ccc(C(=O)N[C@H]4C[C@H](O)[C@@H](OCCN)NC(=O)[C@@H]5[C@H](O)[C@H](C)CN5C(=O)[C@H](C(C)O)NC(=O)[C@H]([C@H](O)[C@@H](O)c5ccc(O)cc5)NC(=O)[C@@H]5C[C@H](O)CN5C(=O)[C@H](C(C)O)NC4=O)cc3)cc2)cc1. The van der Waals surface area contributed by atoms with Crippen LogP contribution in [0, 0.1) is 5.92 Å². The maximum atomic E-state index is 14.7. The smallest absolute Gasteiger partial charge is 0.251 e. The van der Waals surface area contributed by atoms with Crippen LogP contribution in [0.3, 0.4) is 0 Å². The first-order valence-corrected chi connectivity index (χ1v) is 28.5. The average Bonchev–Trinajstić information content (AvgIpc) is 3.51. The first kappa shape index (κ1) is 65.0. The zero-order chi connectivity index (χ0) is 61.8. The minimum Gasteiger partial charge on any atom is -0.508 e. The standard InChI is InChI=1S/C60H78N8O17/c1-5-6-7-25-84-42-22-18-37(19-23-42)35-10-8-34(9-11-35)36-12-14-39(15-13-36)53(77)62-43-28-45(73)58(85-26-24-61)66-57(81)49-50(74)31(2)29-68(49)60(83)47(33(4)70)64-56(80)48(52(76)51(75)38-16-20-40(71)21-17-38)65-55(79)44-27-41(72)30-67(44)59(82)46(32(3)69)63-54(43)78/h8-23,31-33,41,43-52,58,69-76H,5-7,24-30,61H2,1-4H3,(H,62,77)(H,63,78)(H,64,80)(H,65,79)(H,66,81)/t31-,32?,33?,41+,43+,44+,45+,46+,47+,48+,49+,50-,51+,52+,58-/m1/s1. The molecule has 0 spiro atoms. The third kappa shape index (κ3) is 16.0. The van der Waals surface area contributed by atoms with Crippen molar-refractivity contribution in [1.82, 2.24) is 36.4 Å². The van der Waals surface area contributed by atoms with E-state index in [4.69, 9.17) is 15.2 Å². The largest absolute Gasteiger partial charge is 0.508 e. The molecule has 3 heterocycles. The third-order valence-electron chi connectivity index (χ3n) is 15.4. The number of benzene rings is 4. The van der Waals surface area contributed by atoms with Crippen LogP contribution in [0.4, 0.5) is 0 Å². The maximum absolute atomic E-state index is 14.7. The van der Waals surface area contributed by atoms with E-state index in [-0.39, 0.29) is 36.6 Å². The fourth-order valence-electron chi connectivity index (χ4n) is 10.6. The molecule has 0 aromatic heterocycles. The van der Waals surface area contributed by atoms with E-state index in [9.17, 15) is 74.4 Å². The Balaban J connectivity index is 1.21. The Hall–Kier alpha value is -7.59. The van der Waals surface area contributed by atoms with Gasteiger partial charge in [0.2, 0.25) is 35.4 Å². The second-order valence-electron chi connectivity index (χ2n) is 21.9. The summed E-state index contributed by atoms with van der Waals surface area (Å²) in [6.07, 6.45) is -12.8. The van der Waals surface area contributed by atoms with E-state index in [1.54, 1.807) is 12.1 Å². The van der Waals surface area contributed by atoms with Gasteiger partial charge in [-0.05, 0) is 84.5 Å². The molecule has 4 aromatic rings. The number of aromatic hydroxyl groups is 1. The number of carbonyl (C=O) groups excluding carboxylic acids is 7. The predicted molar refractivity (Wildman–Crippen MR) is 306 cm³/mol. The number of phenolic OH excluding ortho intramolecular Hbond substituents is 1. The highest BCUT2D eigenvalue weighted by atomic mass is 16.5. The first-order valence-electron chi connectivity index (χ1n) is 28.5. The molecule has 3 saturated heterocycles. The van der Waals surface area contributed by atoms with E-state index in [1.807, 2.05) is 48.5 Å². The summed E-state index contributed by atoms with van der Waals surface area (Å²) in [4.78, 5) is 103. The lowest BCUT2D eigenvalue weighted by atomic mass is 9.96. The van der Waals surface area contributed by atoms with Gasteiger partial charge in [0.1, 0.15) is 66.1 Å². The second-order valence-corrected chi connectivity index (χ2v) is 21.9. The van der Waals surface area contributed by atoms with Crippen LogP contribution in [0.2, 0.25) is 0 Å². The first-order chi connectivity index (χ1) is 40.5. The number of nitrogens with two attached hydrogens (primary N) is 1. The molecule has 3 fully saturated rings. The van der Waals surface area contributed by atoms with Gasteiger partial charge in [0, 0.05) is 44.0 Å². The number of unbranched alkanes of at least 4 members (excludes halogenated alkanes) is 2. The van der Waals surface area contributed by atoms with Crippen LogP contribution in [-0.4, -0.2) is 204 Å². The lowest BCUT2D eigenvalue weighted by Gasteiger charge is -2.34. The highest BCUT2D eigenvalue weighted by molar-refractivity contribution is 6.00. The van der Waals surface area contributed by atoms with Gasteiger partial charge in [0.25, 0.3) is 5.91 Å². The molecule has 7 amide bonds. The number of rotatable bonds is 17. The van der Waals surface area contributed by atoms with Gasteiger partial charge in [-0.3, -0.25) is 33.6 Å². The summed E-state index contributed by atoms with van der Waals surface area (Å²) in [6, 6.07) is 15.1. The number of aliphatic hydroxyl groups is 7. The molecule has 15 atom stereocenters. The summed E-state index contributed by atoms with van der Waals surface area (Å²) in [6.45, 7) is 5.08. The Morgan fingerprint density at radius 2 is 1.20 bits per heavy atom. The number of nitrogens with one attached hydrogen (secondary N) is 5. The Kier molecular flexibility index (Phi) is 22.5. The molecule has 85 heavy (non-hydrogen) atoms. The number of phenols is 1. The number of fused-ring (bicyclic) bond motifs is 2. The van der Waals surface area contributed by atoms with E-state index in [1.165, 1.54) is 31.2 Å². The van der Waals surface area contributed by atoms with Crippen molar-refractivity contribution >= 4 is 41.4 Å². The van der Waals surface area contributed by atoms with Crippen molar-refractivity contribution in [2.24, 2.45) is 11.7 Å². The topological polar surface area (TPSA) is 392 Å². The normalized spacial score (nSPS) is 27.0. The zero-order valence-corrected chi connectivity index (χ0v) is 47.7. The Labute approximate surface area is 491 Å². The number of hydrogen-bond donors (Lipinski definition) is 14. The quantitative estimate of drug-likeness (QED) is 0.0567. The molecule has 0 saturated carbocycles. The molecule has 25 nitrogen and oxygen atoms in total. The van der Waals surface area contributed by atoms with Crippen molar-refractivity contribution in [3.8, 4) is 33.8 Å². The van der Waals surface area contributed by atoms with Gasteiger partial charge in [-0.15, -0.1) is 0 Å². The van der Waals surface area contributed by atoms with Gasteiger partial charge < -0.3 is 92.4 Å². The van der Waals surface area contributed by atoms with Gasteiger partial charge in [0.05, 0.1) is 37.6 Å². The zero-order valence-electron chi connectivity index (χ0n) is 47.7. The summed E-state index contributed by atoms with van der Waals surface area (Å²) < 4.78 is 11.6. The van der Waals surface area contributed by atoms with Gasteiger partial charge in [0.15, 0.2) is 6.23 Å². The van der Waals surface area contributed by atoms with Crippen LogP contribution >= 0.6 is 0 Å². The van der Waals surface area contributed by atoms with Crippen LogP contribution in [0.25, 0.3) is 22.3 Å². The number of nitrogens with zero attached hydrogens (tertiary/aromatic N) is 2. The summed E-state index contributed by atoms with van der Waals surface area (Å²) in [5, 5.41) is 102. The van der Waals surface area contributed by atoms with Crippen LogP contribution in [0.15, 0.2) is 97.1 Å². The molecule has 0 bridgehead atoms. The number of ether oxygens (including phenoxy) is 2. The Morgan fingerprint density at radius 3 is 1.76 bits per heavy atom. The van der Waals surface area contributed by atoms with E-state index < -0.39 is 152 Å². The molecule has 4 aromatic carbocycles. The Bertz CT molecular complexity index is 2930. The maximum Gasteiger partial charge on any atom is 0.251 e. The lowest BCUT2D eigenvalue weighted by molar-refractivity contribution is -0.149. The van der Waals surface area contributed by atoms with E-state index in [2.05, 4.69) is 33.5 Å². The molecule has 3 aliphatic heterocycles.